The third-order valence-corrected chi connectivity index (χ3v) is 5.25. The van der Waals surface area contributed by atoms with Crippen molar-refractivity contribution in [3.63, 3.8) is 0 Å². The first-order valence-electron chi connectivity index (χ1n) is 8.57. The summed E-state index contributed by atoms with van der Waals surface area (Å²) in [6.45, 7) is 3.13. The molecule has 1 fully saturated rings. The van der Waals surface area contributed by atoms with E-state index in [9.17, 15) is 9.90 Å². The Balaban J connectivity index is 1.49. The number of likely N-dealkylation sites (tertiary alicyclic amines) is 1. The molecular formula is C20H22N2O2. The molecule has 2 unspecified atom stereocenters. The Hall–Kier alpha value is -2.33. The number of anilines is 1. The highest BCUT2D eigenvalue weighted by Gasteiger charge is 2.27. The van der Waals surface area contributed by atoms with Gasteiger partial charge in [0.15, 0.2) is 0 Å². The van der Waals surface area contributed by atoms with Crippen LogP contribution in [-0.2, 0) is 6.42 Å². The van der Waals surface area contributed by atoms with Crippen molar-refractivity contribution in [2.45, 2.75) is 25.9 Å². The van der Waals surface area contributed by atoms with Crippen molar-refractivity contribution in [1.29, 1.82) is 0 Å². The number of hydrogen-bond donors (Lipinski definition) is 2. The summed E-state index contributed by atoms with van der Waals surface area (Å²) in [7, 11) is 0. The van der Waals surface area contributed by atoms with E-state index in [2.05, 4.69) is 41.7 Å². The van der Waals surface area contributed by atoms with E-state index in [0.717, 1.165) is 18.5 Å². The summed E-state index contributed by atoms with van der Waals surface area (Å²) < 4.78 is 0. The number of nitrogens with zero attached hydrogens (tertiary/aromatic N) is 1. The molecule has 0 radical (unpaired) electrons. The highest BCUT2D eigenvalue weighted by atomic mass is 16.3. The van der Waals surface area contributed by atoms with Gasteiger partial charge in [0.1, 0.15) is 0 Å². The minimum Gasteiger partial charge on any atom is -0.391 e. The molecule has 0 spiro atoms. The van der Waals surface area contributed by atoms with Crippen LogP contribution in [0.4, 0.5) is 10.5 Å². The van der Waals surface area contributed by atoms with Crippen LogP contribution in [0.25, 0.3) is 11.1 Å². The Morgan fingerprint density at radius 1 is 1.17 bits per heavy atom. The van der Waals surface area contributed by atoms with Crippen LogP contribution in [0.3, 0.4) is 0 Å². The molecule has 124 valence electrons. The van der Waals surface area contributed by atoms with Gasteiger partial charge in [-0.1, -0.05) is 37.3 Å². The van der Waals surface area contributed by atoms with Gasteiger partial charge in [-0.3, -0.25) is 0 Å². The highest BCUT2D eigenvalue weighted by Crippen LogP contribution is 2.37. The first-order valence-corrected chi connectivity index (χ1v) is 8.57. The van der Waals surface area contributed by atoms with Crippen LogP contribution in [-0.4, -0.2) is 35.2 Å². The van der Waals surface area contributed by atoms with Gasteiger partial charge in [0.05, 0.1) is 6.10 Å². The van der Waals surface area contributed by atoms with Crippen molar-refractivity contribution in [3.8, 4) is 11.1 Å². The Labute approximate surface area is 142 Å². The minimum atomic E-state index is -0.431. The predicted octanol–water partition coefficient (Wildman–Crippen LogP) is 3.49. The van der Waals surface area contributed by atoms with E-state index in [1.165, 1.54) is 22.3 Å². The smallest absolute Gasteiger partial charge is 0.321 e. The number of urea groups is 1. The molecule has 0 saturated carbocycles. The second-order valence-electron chi connectivity index (χ2n) is 6.92. The van der Waals surface area contributed by atoms with E-state index in [0.29, 0.717) is 13.1 Å². The standard InChI is InChI=1S/C20H22N2O2/c1-13-8-9-22(12-19(13)23)20(24)21-16-6-7-18-15(11-16)10-14-4-2-3-5-17(14)18/h2-7,11,13,19,23H,8-10,12H2,1H3,(H,21,24). The molecule has 2 atom stereocenters. The minimum absolute atomic E-state index is 0.128. The summed E-state index contributed by atoms with van der Waals surface area (Å²) in [6, 6.07) is 14.4. The summed E-state index contributed by atoms with van der Waals surface area (Å²) >= 11 is 0. The van der Waals surface area contributed by atoms with Gasteiger partial charge in [0.25, 0.3) is 0 Å². The number of hydrogen-bond acceptors (Lipinski definition) is 2. The molecule has 4 nitrogen and oxygen atoms in total. The molecule has 2 aromatic rings. The lowest BCUT2D eigenvalue weighted by molar-refractivity contribution is 0.0464. The van der Waals surface area contributed by atoms with Crippen molar-refractivity contribution in [2.75, 3.05) is 18.4 Å². The quantitative estimate of drug-likeness (QED) is 0.720. The third kappa shape index (κ3) is 2.67. The van der Waals surface area contributed by atoms with E-state index in [4.69, 9.17) is 0 Å². The van der Waals surface area contributed by atoms with Crippen molar-refractivity contribution in [1.82, 2.24) is 4.90 Å². The Morgan fingerprint density at radius 3 is 2.79 bits per heavy atom. The van der Waals surface area contributed by atoms with Gasteiger partial charge in [-0.15, -0.1) is 0 Å². The van der Waals surface area contributed by atoms with Crippen LogP contribution in [0.15, 0.2) is 42.5 Å². The van der Waals surface area contributed by atoms with Gasteiger partial charge in [0, 0.05) is 18.8 Å². The molecule has 0 aromatic heterocycles. The molecule has 4 rings (SSSR count). The number of carbonyl (C=O) groups excluding carboxylic acids is 1. The number of fused-ring (bicyclic) bond motifs is 3. The number of nitrogens with one attached hydrogen (secondary N) is 1. The fraction of sp³-hybridized carbons (Fsp3) is 0.350. The van der Waals surface area contributed by atoms with Crippen molar-refractivity contribution in [3.05, 3.63) is 53.6 Å². The van der Waals surface area contributed by atoms with E-state index in [-0.39, 0.29) is 11.9 Å². The fourth-order valence-corrected chi connectivity index (χ4v) is 3.66. The molecule has 1 aliphatic carbocycles. The topological polar surface area (TPSA) is 52.6 Å². The zero-order chi connectivity index (χ0) is 16.7. The maximum Gasteiger partial charge on any atom is 0.321 e. The third-order valence-electron chi connectivity index (χ3n) is 5.25. The van der Waals surface area contributed by atoms with Crippen LogP contribution in [0.2, 0.25) is 0 Å². The average molecular weight is 322 g/mol. The van der Waals surface area contributed by atoms with Crippen molar-refractivity contribution >= 4 is 11.7 Å². The first kappa shape index (κ1) is 15.2. The summed E-state index contributed by atoms with van der Waals surface area (Å²) in [5.41, 5.74) is 5.95. The van der Waals surface area contributed by atoms with Crippen molar-refractivity contribution in [2.24, 2.45) is 5.92 Å². The zero-order valence-electron chi connectivity index (χ0n) is 13.8. The predicted molar refractivity (Wildman–Crippen MR) is 95.1 cm³/mol. The van der Waals surface area contributed by atoms with Gasteiger partial charge in [-0.05, 0) is 53.1 Å². The first-order chi connectivity index (χ1) is 11.6. The number of β-amino-alcohol motifs (C(OH)–C–C–N with tert-alkyl or cyclic N) is 1. The van der Waals surface area contributed by atoms with E-state index in [1.807, 2.05) is 13.0 Å². The molecule has 24 heavy (non-hydrogen) atoms. The summed E-state index contributed by atoms with van der Waals surface area (Å²) in [5.74, 6) is 0.257. The van der Waals surface area contributed by atoms with Gasteiger partial charge in [0.2, 0.25) is 0 Å². The Bertz CT molecular complexity index is 787. The highest BCUT2D eigenvalue weighted by molar-refractivity contribution is 5.90. The number of benzene rings is 2. The second-order valence-corrected chi connectivity index (χ2v) is 6.92. The van der Waals surface area contributed by atoms with Gasteiger partial charge < -0.3 is 15.3 Å². The largest absolute Gasteiger partial charge is 0.391 e. The molecule has 1 heterocycles. The van der Waals surface area contributed by atoms with Crippen LogP contribution >= 0.6 is 0 Å². The van der Waals surface area contributed by atoms with E-state index < -0.39 is 6.10 Å². The normalized spacial score (nSPS) is 22.0. The SMILES string of the molecule is CC1CCN(C(=O)Nc2ccc3c(c2)Cc2ccccc2-3)CC1O. The molecule has 1 aliphatic heterocycles. The maximum atomic E-state index is 12.4. The van der Waals surface area contributed by atoms with Crippen LogP contribution in [0, 0.1) is 5.92 Å². The summed E-state index contributed by atoms with van der Waals surface area (Å²) in [5, 5.41) is 12.9. The molecule has 2 aromatic carbocycles. The molecule has 1 saturated heterocycles. The number of aliphatic hydroxyl groups is 1. The molecule has 2 amide bonds. The Kier molecular flexibility index (Phi) is 3.77. The molecule has 2 aliphatic rings. The van der Waals surface area contributed by atoms with Crippen LogP contribution in [0.5, 0.6) is 0 Å². The summed E-state index contributed by atoms with van der Waals surface area (Å²) in [6.07, 6.45) is 1.32. The average Bonchev–Trinajstić information content (AvgIpc) is 2.95. The lowest BCUT2D eigenvalue weighted by atomic mass is 9.96. The molecular weight excluding hydrogens is 300 g/mol. The van der Waals surface area contributed by atoms with Gasteiger partial charge in [-0.2, -0.15) is 0 Å². The molecule has 4 heteroatoms. The molecule has 2 N–H and O–H groups in total. The monoisotopic (exact) mass is 322 g/mol. The van der Waals surface area contributed by atoms with E-state index >= 15 is 0 Å². The van der Waals surface area contributed by atoms with Crippen LogP contribution < -0.4 is 5.32 Å². The van der Waals surface area contributed by atoms with Crippen LogP contribution in [0.1, 0.15) is 24.5 Å². The number of amides is 2. The fourth-order valence-electron chi connectivity index (χ4n) is 3.66. The Morgan fingerprint density at radius 2 is 1.96 bits per heavy atom. The number of aliphatic hydroxyl groups excluding tert-OH is 1. The lowest BCUT2D eigenvalue weighted by Crippen LogP contribution is -2.47. The number of piperidine rings is 1. The van der Waals surface area contributed by atoms with E-state index in [1.54, 1.807) is 4.90 Å². The van der Waals surface area contributed by atoms with Gasteiger partial charge >= 0.3 is 6.03 Å². The lowest BCUT2D eigenvalue weighted by Gasteiger charge is -2.34. The van der Waals surface area contributed by atoms with Crippen molar-refractivity contribution < 1.29 is 9.90 Å². The zero-order valence-corrected chi connectivity index (χ0v) is 13.8. The maximum absolute atomic E-state index is 12.4. The second kappa shape index (κ2) is 5.95. The van der Waals surface area contributed by atoms with Gasteiger partial charge in [-0.25, -0.2) is 4.79 Å². The summed E-state index contributed by atoms with van der Waals surface area (Å²) in [4.78, 5) is 14.1. The molecule has 0 bridgehead atoms. The number of rotatable bonds is 1. The number of carbonyl (C=O) groups is 1.